The number of carbonyl (C=O) groups excluding carboxylic acids is 2. The van der Waals surface area contributed by atoms with E-state index in [9.17, 15) is 9.59 Å². The number of rotatable bonds is 6. The molecule has 6 heteroatoms. The molecule has 4 aromatic rings. The van der Waals surface area contributed by atoms with Crippen LogP contribution in [-0.4, -0.2) is 23.9 Å². The van der Waals surface area contributed by atoms with Crippen LogP contribution in [0.15, 0.2) is 72.8 Å². The lowest BCUT2D eigenvalue weighted by atomic mass is 10.0. The van der Waals surface area contributed by atoms with Gasteiger partial charge in [-0.25, -0.2) is 4.98 Å². The molecule has 0 aliphatic heterocycles. The summed E-state index contributed by atoms with van der Waals surface area (Å²) in [6.45, 7) is 3.81. The molecule has 2 amide bonds. The zero-order valence-electron chi connectivity index (χ0n) is 18.8. The van der Waals surface area contributed by atoms with Crippen molar-refractivity contribution < 1.29 is 14.3 Å². The molecule has 33 heavy (non-hydrogen) atoms. The van der Waals surface area contributed by atoms with Crippen LogP contribution in [0.2, 0.25) is 0 Å². The van der Waals surface area contributed by atoms with E-state index >= 15 is 0 Å². The molecule has 0 atom stereocenters. The van der Waals surface area contributed by atoms with Gasteiger partial charge in [-0.3, -0.25) is 9.59 Å². The average Bonchev–Trinajstić information content (AvgIpc) is 2.82. The number of aryl methyl sites for hydroxylation is 1. The molecule has 1 heterocycles. The molecule has 0 radical (unpaired) electrons. The number of hydrogen-bond acceptors (Lipinski definition) is 4. The predicted octanol–water partition coefficient (Wildman–Crippen LogP) is 5.11. The highest BCUT2D eigenvalue weighted by molar-refractivity contribution is 6.07. The van der Waals surface area contributed by atoms with Crippen LogP contribution < -0.4 is 15.4 Å². The Hall–Kier alpha value is -4.19. The summed E-state index contributed by atoms with van der Waals surface area (Å²) < 4.78 is 5.39. The third-order valence-corrected chi connectivity index (χ3v) is 5.34. The fraction of sp³-hybridized carbons (Fsp3) is 0.148. The Labute approximate surface area is 192 Å². The minimum Gasteiger partial charge on any atom is -0.496 e. The molecular weight excluding hydrogens is 414 g/mol. The Morgan fingerprint density at radius 2 is 1.73 bits per heavy atom. The van der Waals surface area contributed by atoms with Crippen molar-refractivity contribution in [3.8, 4) is 17.0 Å². The number of benzene rings is 3. The molecule has 0 unspecified atom stereocenters. The molecule has 0 bridgehead atoms. The van der Waals surface area contributed by atoms with Crippen molar-refractivity contribution in [2.45, 2.75) is 20.4 Å². The first-order valence-corrected chi connectivity index (χ1v) is 10.6. The van der Waals surface area contributed by atoms with Crippen LogP contribution in [0.1, 0.15) is 28.4 Å². The number of ether oxygens (including phenoxy) is 1. The van der Waals surface area contributed by atoms with E-state index in [-0.39, 0.29) is 11.8 Å². The largest absolute Gasteiger partial charge is 0.496 e. The number of pyridine rings is 1. The van der Waals surface area contributed by atoms with Crippen molar-refractivity contribution >= 4 is 28.4 Å². The summed E-state index contributed by atoms with van der Waals surface area (Å²) in [4.78, 5) is 29.3. The molecule has 166 valence electrons. The minimum absolute atomic E-state index is 0.129. The Kier molecular flexibility index (Phi) is 6.36. The van der Waals surface area contributed by atoms with E-state index < -0.39 is 0 Å². The molecule has 3 aromatic carbocycles. The summed E-state index contributed by atoms with van der Waals surface area (Å²) in [5.74, 6) is 0.416. The van der Waals surface area contributed by atoms with E-state index in [0.717, 1.165) is 33.3 Å². The second kappa shape index (κ2) is 9.53. The van der Waals surface area contributed by atoms with Crippen molar-refractivity contribution in [2.75, 3.05) is 12.4 Å². The van der Waals surface area contributed by atoms with Crippen molar-refractivity contribution in [2.24, 2.45) is 0 Å². The number of amides is 2. The van der Waals surface area contributed by atoms with Gasteiger partial charge in [0, 0.05) is 35.7 Å². The molecule has 0 spiro atoms. The molecule has 4 rings (SSSR count). The van der Waals surface area contributed by atoms with Gasteiger partial charge in [0.25, 0.3) is 5.91 Å². The predicted molar refractivity (Wildman–Crippen MR) is 130 cm³/mol. The number of fused-ring (bicyclic) bond motifs is 1. The van der Waals surface area contributed by atoms with Crippen molar-refractivity contribution in [1.82, 2.24) is 10.3 Å². The highest BCUT2D eigenvalue weighted by Gasteiger charge is 2.15. The van der Waals surface area contributed by atoms with Crippen molar-refractivity contribution in [3.05, 3.63) is 89.5 Å². The molecule has 0 saturated carbocycles. The number of anilines is 1. The molecule has 0 fully saturated rings. The highest BCUT2D eigenvalue weighted by Crippen LogP contribution is 2.27. The summed E-state index contributed by atoms with van der Waals surface area (Å²) in [7, 11) is 1.61. The Morgan fingerprint density at radius 1 is 0.970 bits per heavy atom. The smallest absolute Gasteiger partial charge is 0.252 e. The van der Waals surface area contributed by atoms with Gasteiger partial charge in [-0.15, -0.1) is 0 Å². The maximum atomic E-state index is 13.3. The van der Waals surface area contributed by atoms with Crippen LogP contribution in [0.4, 0.5) is 5.69 Å². The standard InChI is InChI=1S/C27H25N3O3/c1-17-8-13-24-22(14-17)23(27(32)28-16-20-6-4-5-7-26(20)33-3)15-25(30-24)19-9-11-21(12-10-19)29-18(2)31/h4-15H,16H2,1-3H3,(H,28,32)(H,29,31). The van der Waals surface area contributed by atoms with Gasteiger partial charge in [0.1, 0.15) is 5.75 Å². The number of aromatic nitrogens is 1. The summed E-state index contributed by atoms with van der Waals surface area (Å²) in [6.07, 6.45) is 0. The van der Waals surface area contributed by atoms with Gasteiger partial charge in [0.15, 0.2) is 0 Å². The normalized spacial score (nSPS) is 10.6. The molecular formula is C27H25N3O3. The Bertz CT molecular complexity index is 1330. The van der Waals surface area contributed by atoms with Crippen LogP contribution >= 0.6 is 0 Å². The fourth-order valence-electron chi connectivity index (χ4n) is 3.72. The first kappa shape index (κ1) is 22.0. The number of para-hydroxylation sites is 1. The fourth-order valence-corrected chi connectivity index (χ4v) is 3.72. The maximum absolute atomic E-state index is 13.3. The lowest BCUT2D eigenvalue weighted by Crippen LogP contribution is -2.23. The third kappa shape index (κ3) is 5.01. The average molecular weight is 440 g/mol. The van der Waals surface area contributed by atoms with Crippen LogP contribution in [0.3, 0.4) is 0 Å². The second-order valence-electron chi connectivity index (χ2n) is 7.83. The lowest BCUT2D eigenvalue weighted by Gasteiger charge is -2.13. The first-order valence-electron chi connectivity index (χ1n) is 10.6. The minimum atomic E-state index is -0.185. The van der Waals surface area contributed by atoms with E-state index in [0.29, 0.717) is 23.5 Å². The van der Waals surface area contributed by atoms with Crippen molar-refractivity contribution in [1.29, 1.82) is 0 Å². The topological polar surface area (TPSA) is 80.3 Å². The second-order valence-corrected chi connectivity index (χ2v) is 7.83. The van der Waals surface area contributed by atoms with Gasteiger partial charge in [-0.1, -0.05) is 42.0 Å². The highest BCUT2D eigenvalue weighted by atomic mass is 16.5. The van der Waals surface area contributed by atoms with E-state index in [4.69, 9.17) is 9.72 Å². The molecule has 1 aromatic heterocycles. The van der Waals surface area contributed by atoms with Gasteiger partial charge in [-0.05, 0) is 43.3 Å². The zero-order valence-corrected chi connectivity index (χ0v) is 18.8. The lowest BCUT2D eigenvalue weighted by molar-refractivity contribution is -0.114. The molecule has 0 saturated heterocycles. The van der Waals surface area contributed by atoms with Crippen LogP contribution in [0.5, 0.6) is 5.75 Å². The maximum Gasteiger partial charge on any atom is 0.252 e. The molecule has 2 N–H and O–H groups in total. The van der Waals surface area contributed by atoms with Gasteiger partial charge in [0.2, 0.25) is 5.91 Å². The van der Waals surface area contributed by atoms with E-state index in [1.165, 1.54) is 6.92 Å². The van der Waals surface area contributed by atoms with Crippen LogP contribution in [-0.2, 0) is 11.3 Å². The third-order valence-electron chi connectivity index (χ3n) is 5.34. The number of methoxy groups -OCH3 is 1. The van der Waals surface area contributed by atoms with E-state index in [1.807, 2.05) is 79.7 Å². The number of carbonyl (C=O) groups is 2. The van der Waals surface area contributed by atoms with E-state index in [2.05, 4.69) is 10.6 Å². The molecule has 6 nitrogen and oxygen atoms in total. The summed E-state index contributed by atoms with van der Waals surface area (Å²) in [5.41, 5.74) is 5.49. The summed E-state index contributed by atoms with van der Waals surface area (Å²) in [6, 6.07) is 22.7. The quantitative estimate of drug-likeness (QED) is 0.438. The van der Waals surface area contributed by atoms with Gasteiger partial charge in [0.05, 0.1) is 23.9 Å². The van der Waals surface area contributed by atoms with Gasteiger partial charge < -0.3 is 15.4 Å². The SMILES string of the molecule is COc1ccccc1CNC(=O)c1cc(-c2ccc(NC(C)=O)cc2)nc2ccc(C)cc12. The number of nitrogens with one attached hydrogen (secondary N) is 2. The van der Waals surface area contributed by atoms with Crippen LogP contribution in [0, 0.1) is 6.92 Å². The Morgan fingerprint density at radius 3 is 2.45 bits per heavy atom. The molecule has 0 aliphatic carbocycles. The molecule has 0 aliphatic rings. The monoisotopic (exact) mass is 439 g/mol. The van der Waals surface area contributed by atoms with Gasteiger partial charge in [-0.2, -0.15) is 0 Å². The zero-order chi connectivity index (χ0) is 23.4. The Balaban J connectivity index is 1.69. The number of nitrogens with zero attached hydrogens (tertiary/aromatic N) is 1. The van der Waals surface area contributed by atoms with E-state index in [1.54, 1.807) is 7.11 Å². The first-order chi connectivity index (χ1) is 15.9. The van der Waals surface area contributed by atoms with Crippen LogP contribution in [0.25, 0.3) is 22.2 Å². The summed E-state index contributed by atoms with van der Waals surface area (Å²) in [5, 5.41) is 6.57. The van der Waals surface area contributed by atoms with Crippen molar-refractivity contribution in [3.63, 3.8) is 0 Å². The van der Waals surface area contributed by atoms with Gasteiger partial charge >= 0.3 is 0 Å². The summed E-state index contributed by atoms with van der Waals surface area (Å²) >= 11 is 0. The number of hydrogen-bond donors (Lipinski definition) is 2.